The van der Waals surface area contributed by atoms with Crippen molar-refractivity contribution in [3.8, 4) is 0 Å². The molecule has 0 aromatic carbocycles. The van der Waals surface area contributed by atoms with Crippen LogP contribution < -0.4 is 5.73 Å². The molecule has 2 aromatic heterocycles. The Hall–Kier alpha value is -1.81. The molecule has 0 aliphatic carbocycles. The summed E-state index contributed by atoms with van der Waals surface area (Å²) in [6, 6.07) is 0. The van der Waals surface area contributed by atoms with Gasteiger partial charge in [-0.25, -0.2) is 9.97 Å². The Labute approximate surface area is 104 Å². The van der Waals surface area contributed by atoms with E-state index in [2.05, 4.69) is 9.97 Å². The van der Waals surface area contributed by atoms with Gasteiger partial charge in [0.15, 0.2) is 5.65 Å². The second-order valence-corrected chi connectivity index (χ2v) is 3.93. The van der Waals surface area contributed by atoms with Crippen LogP contribution in [0.3, 0.4) is 0 Å². The second kappa shape index (κ2) is 4.59. The summed E-state index contributed by atoms with van der Waals surface area (Å²) in [7, 11) is 0. The van der Waals surface area contributed by atoms with E-state index in [9.17, 15) is 0 Å². The number of fused-ring (bicyclic) bond motifs is 1. The van der Waals surface area contributed by atoms with Crippen molar-refractivity contribution < 1.29 is 0 Å². The minimum Gasteiger partial charge on any atom is -0.383 e. The van der Waals surface area contributed by atoms with Gasteiger partial charge in [0.05, 0.1) is 10.4 Å². The number of anilines is 1. The van der Waals surface area contributed by atoms with Crippen molar-refractivity contribution in [3.63, 3.8) is 0 Å². The first kappa shape index (κ1) is 11.7. The third-order valence-electron chi connectivity index (χ3n) is 2.48. The molecule has 5 heteroatoms. The maximum atomic E-state index is 6.15. The van der Waals surface area contributed by atoms with Crippen molar-refractivity contribution in [2.24, 2.45) is 0 Å². The Balaban J connectivity index is 2.76. The molecule has 17 heavy (non-hydrogen) atoms. The lowest BCUT2D eigenvalue weighted by Crippen LogP contribution is -1.97. The molecule has 4 nitrogen and oxygen atoms in total. The summed E-state index contributed by atoms with van der Waals surface area (Å²) in [5.41, 5.74) is 7.50. The minimum atomic E-state index is 0.398. The standard InChI is InChI=1S/C12H13ClN4/c1-3-5-8(4-2)17-6-9(13)10-11(14)15-7-16-12(10)17/h3-7H,1-2H3,(H2,14,15,16)/b5-3+,8-4+. The molecule has 2 heterocycles. The second-order valence-electron chi connectivity index (χ2n) is 3.52. The van der Waals surface area contributed by atoms with E-state index >= 15 is 0 Å². The van der Waals surface area contributed by atoms with E-state index in [-0.39, 0.29) is 0 Å². The predicted molar refractivity (Wildman–Crippen MR) is 71.7 cm³/mol. The summed E-state index contributed by atoms with van der Waals surface area (Å²) in [4.78, 5) is 8.17. The van der Waals surface area contributed by atoms with Crippen molar-refractivity contribution in [2.75, 3.05) is 5.73 Å². The Morgan fingerprint density at radius 1 is 1.41 bits per heavy atom. The zero-order chi connectivity index (χ0) is 12.4. The molecule has 0 atom stereocenters. The van der Waals surface area contributed by atoms with E-state index in [4.69, 9.17) is 17.3 Å². The van der Waals surface area contributed by atoms with Crippen LogP contribution in [0.5, 0.6) is 0 Å². The normalized spacial score (nSPS) is 12.8. The van der Waals surface area contributed by atoms with Gasteiger partial charge in [-0.1, -0.05) is 23.8 Å². The van der Waals surface area contributed by atoms with Gasteiger partial charge in [0, 0.05) is 11.9 Å². The molecule has 2 N–H and O–H groups in total. The molecular weight excluding hydrogens is 236 g/mol. The third-order valence-corrected chi connectivity index (χ3v) is 2.76. The van der Waals surface area contributed by atoms with Crippen LogP contribution in [-0.2, 0) is 0 Å². The van der Waals surface area contributed by atoms with E-state index in [0.29, 0.717) is 21.9 Å². The number of nitrogen functional groups attached to an aromatic ring is 1. The highest BCUT2D eigenvalue weighted by Crippen LogP contribution is 2.30. The molecule has 0 amide bonds. The summed E-state index contributed by atoms with van der Waals surface area (Å²) in [6.07, 6.45) is 9.15. The monoisotopic (exact) mass is 248 g/mol. The zero-order valence-corrected chi connectivity index (χ0v) is 10.4. The van der Waals surface area contributed by atoms with E-state index in [0.717, 1.165) is 5.70 Å². The maximum Gasteiger partial charge on any atom is 0.151 e. The summed E-state index contributed by atoms with van der Waals surface area (Å²) in [6.45, 7) is 3.92. The number of rotatable bonds is 2. The van der Waals surface area contributed by atoms with Crippen LogP contribution in [0.4, 0.5) is 5.82 Å². The van der Waals surface area contributed by atoms with Gasteiger partial charge in [-0.05, 0) is 19.9 Å². The quantitative estimate of drug-likeness (QED) is 0.831. The van der Waals surface area contributed by atoms with Crippen LogP contribution in [0, 0.1) is 0 Å². The van der Waals surface area contributed by atoms with Gasteiger partial charge in [-0.2, -0.15) is 0 Å². The minimum absolute atomic E-state index is 0.398. The summed E-state index contributed by atoms with van der Waals surface area (Å²) >= 11 is 6.15. The summed E-state index contributed by atoms with van der Waals surface area (Å²) < 4.78 is 1.90. The Morgan fingerprint density at radius 2 is 2.18 bits per heavy atom. The molecule has 0 unspecified atom stereocenters. The molecule has 0 fully saturated rings. The third kappa shape index (κ3) is 1.91. The van der Waals surface area contributed by atoms with Gasteiger partial charge in [0.2, 0.25) is 0 Å². The Morgan fingerprint density at radius 3 is 2.82 bits per heavy atom. The SMILES string of the molecule is C/C=C/C(=C\C)n1cc(Cl)c2c(N)ncnc21. The predicted octanol–water partition coefficient (Wildman–Crippen LogP) is 3.10. The number of hydrogen-bond acceptors (Lipinski definition) is 3. The first-order valence-electron chi connectivity index (χ1n) is 5.25. The van der Waals surface area contributed by atoms with Crippen molar-refractivity contribution in [2.45, 2.75) is 13.8 Å². The Bertz CT molecular complexity index is 610. The Kier molecular flexibility index (Phi) is 3.15. The zero-order valence-electron chi connectivity index (χ0n) is 9.68. The maximum absolute atomic E-state index is 6.15. The van der Waals surface area contributed by atoms with Gasteiger partial charge in [0.1, 0.15) is 12.1 Å². The van der Waals surface area contributed by atoms with Gasteiger partial charge in [-0.15, -0.1) is 0 Å². The molecule has 0 spiro atoms. The summed E-state index contributed by atoms with van der Waals surface area (Å²) in [5.74, 6) is 0.398. The fourth-order valence-electron chi connectivity index (χ4n) is 1.72. The van der Waals surface area contributed by atoms with E-state index in [1.807, 2.05) is 36.6 Å². The molecule has 88 valence electrons. The van der Waals surface area contributed by atoms with Crippen molar-refractivity contribution in [3.05, 3.63) is 35.8 Å². The van der Waals surface area contributed by atoms with Crippen LogP contribution in [0.15, 0.2) is 30.8 Å². The molecule has 2 aromatic rings. The number of nitrogens with zero attached hydrogens (tertiary/aromatic N) is 3. The van der Waals surface area contributed by atoms with Gasteiger partial charge < -0.3 is 5.73 Å². The largest absolute Gasteiger partial charge is 0.383 e. The number of hydrogen-bond donors (Lipinski definition) is 1. The molecule has 0 saturated heterocycles. The topological polar surface area (TPSA) is 56.7 Å². The lowest BCUT2D eigenvalue weighted by atomic mass is 10.3. The highest BCUT2D eigenvalue weighted by Gasteiger charge is 2.12. The van der Waals surface area contributed by atoms with Crippen molar-refractivity contribution in [1.82, 2.24) is 14.5 Å². The smallest absolute Gasteiger partial charge is 0.151 e. The number of allylic oxidation sites excluding steroid dienone is 4. The van der Waals surface area contributed by atoms with E-state index in [1.54, 1.807) is 6.20 Å². The number of halogens is 1. The van der Waals surface area contributed by atoms with Crippen molar-refractivity contribution in [1.29, 1.82) is 0 Å². The fourth-order valence-corrected chi connectivity index (χ4v) is 2.00. The molecule has 2 rings (SSSR count). The van der Waals surface area contributed by atoms with Gasteiger partial charge in [-0.3, -0.25) is 4.57 Å². The van der Waals surface area contributed by atoms with Crippen LogP contribution in [0.2, 0.25) is 5.02 Å². The van der Waals surface area contributed by atoms with Gasteiger partial charge >= 0.3 is 0 Å². The molecule has 0 aliphatic heterocycles. The fraction of sp³-hybridized carbons (Fsp3) is 0.167. The van der Waals surface area contributed by atoms with Crippen LogP contribution in [0.25, 0.3) is 16.7 Å². The van der Waals surface area contributed by atoms with Crippen molar-refractivity contribution >= 4 is 34.1 Å². The highest BCUT2D eigenvalue weighted by molar-refractivity contribution is 6.36. The van der Waals surface area contributed by atoms with E-state index < -0.39 is 0 Å². The number of nitrogens with two attached hydrogens (primary N) is 1. The number of aromatic nitrogens is 3. The molecule has 0 radical (unpaired) electrons. The first-order valence-corrected chi connectivity index (χ1v) is 5.63. The van der Waals surface area contributed by atoms with Crippen LogP contribution in [-0.4, -0.2) is 14.5 Å². The molecule has 0 saturated carbocycles. The molecular formula is C12H13ClN4. The summed E-state index contributed by atoms with van der Waals surface area (Å²) in [5, 5.41) is 1.25. The highest BCUT2D eigenvalue weighted by atomic mass is 35.5. The van der Waals surface area contributed by atoms with Crippen LogP contribution in [0.1, 0.15) is 13.8 Å². The average molecular weight is 249 g/mol. The van der Waals surface area contributed by atoms with Gasteiger partial charge in [0.25, 0.3) is 0 Å². The average Bonchev–Trinajstić information content (AvgIpc) is 2.65. The van der Waals surface area contributed by atoms with Crippen LogP contribution >= 0.6 is 11.6 Å². The molecule has 0 aliphatic rings. The lowest BCUT2D eigenvalue weighted by Gasteiger charge is -2.04. The molecule has 0 bridgehead atoms. The lowest BCUT2D eigenvalue weighted by molar-refractivity contribution is 1.11. The first-order chi connectivity index (χ1) is 8.19. The van der Waals surface area contributed by atoms with E-state index in [1.165, 1.54) is 6.33 Å².